The summed E-state index contributed by atoms with van der Waals surface area (Å²) in [6.07, 6.45) is 0. The van der Waals surface area contributed by atoms with Crippen LogP contribution in [0.2, 0.25) is 0 Å². The molecule has 0 saturated carbocycles. The van der Waals surface area contributed by atoms with E-state index in [9.17, 15) is 0 Å². The maximum absolute atomic E-state index is 4.74. The number of rotatable bonds is 4. The maximum atomic E-state index is 4.74. The van der Waals surface area contributed by atoms with Gasteiger partial charge in [0, 0.05) is 16.0 Å². The van der Waals surface area contributed by atoms with Crippen molar-refractivity contribution in [2.24, 2.45) is 0 Å². The van der Waals surface area contributed by atoms with E-state index in [1.807, 2.05) is 48.0 Å². The second-order valence-electron chi connectivity index (χ2n) is 5.90. The molecule has 0 spiro atoms. The molecule has 4 nitrogen and oxygen atoms in total. The molecule has 2 aromatic heterocycles. The van der Waals surface area contributed by atoms with Crippen molar-refractivity contribution in [2.45, 2.75) is 20.4 Å². The highest BCUT2D eigenvalue weighted by molar-refractivity contribution is 7.15. The van der Waals surface area contributed by atoms with Gasteiger partial charge in [-0.25, -0.2) is 14.6 Å². The quantitative estimate of drug-likeness (QED) is 0.536. The largest absolute Gasteiger partial charge is 0.241 e. The van der Waals surface area contributed by atoms with E-state index >= 15 is 0 Å². The minimum Gasteiger partial charge on any atom is -0.241 e. The molecule has 0 radical (unpaired) electrons. The minimum atomic E-state index is 0.682. The maximum Gasteiger partial charge on any atom is 0.158 e. The van der Waals surface area contributed by atoms with Crippen LogP contribution < -0.4 is 0 Å². The molecule has 0 aliphatic rings. The summed E-state index contributed by atoms with van der Waals surface area (Å²) in [6.45, 7) is 4.67. The molecule has 25 heavy (non-hydrogen) atoms. The predicted octanol–water partition coefficient (Wildman–Crippen LogP) is 4.73. The Balaban J connectivity index is 1.69. The summed E-state index contributed by atoms with van der Waals surface area (Å²) in [5.41, 5.74) is 3.28. The van der Waals surface area contributed by atoms with Crippen LogP contribution in [0.25, 0.3) is 22.0 Å². The van der Waals surface area contributed by atoms with Gasteiger partial charge in [0.2, 0.25) is 0 Å². The summed E-state index contributed by atoms with van der Waals surface area (Å²) in [5.74, 6) is 1.68. The molecule has 0 N–H and O–H groups in total. The number of hydrogen-bond donors (Lipinski definition) is 0. The first-order valence-electron chi connectivity index (χ1n) is 8.19. The van der Waals surface area contributed by atoms with Gasteiger partial charge in [-0.1, -0.05) is 60.7 Å². The molecule has 0 unspecified atom stereocenters. The van der Waals surface area contributed by atoms with E-state index in [1.165, 1.54) is 4.88 Å². The molecule has 0 aliphatic heterocycles. The van der Waals surface area contributed by atoms with E-state index in [0.29, 0.717) is 6.54 Å². The van der Waals surface area contributed by atoms with Crippen molar-refractivity contribution in [2.75, 3.05) is 0 Å². The van der Waals surface area contributed by atoms with Crippen LogP contribution in [0.4, 0.5) is 0 Å². The molecular formula is C20H18N4S. The lowest BCUT2D eigenvalue weighted by Crippen LogP contribution is -2.04. The summed E-state index contributed by atoms with van der Waals surface area (Å²) in [4.78, 5) is 10.6. The molecule has 0 fully saturated rings. The van der Waals surface area contributed by atoms with Crippen LogP contribution >= 0.6 is 11.3 Å². The SMILES string of the molecule is Cc1nc(-c2ccccc2)n(Cc2sc(-c3ccccc3)nc2C)n1. The second kappa shape index (κ2) is 6.61. The van der Waals surface area contributed by atoms with Crippen LogP contribution in [0.1, 0.15) is 16.4 Å². The first kappa shape index (κ1) is 15.7. The van der Waals surface area contributed by atoms with E-state index < -0.39 is 0 Å². The molecule has 4 rings (SSSR count). The standard InChI is InChI=1S/C20H18N4S/c1-14-18(25-20(21-14)17-11-7-4-8-12-17)13-24-19(22-15(2)23-24)16-9-5-3-6-10-16/h3-12H,13H2,1-2H3. The monoisotopic (exact) mass is 346 g/mol. The van der Waals surface area contributed by atoms with Crippen molar-refractivity contribution in [1.82, 2.24) is 19.7 Å². The molecule has 0 bridgehead atoms. The molecule has 2 aromatic carbocycles. The Morgan fingerprint density at radius 2 is 1.48 bits per heavy atom. The zero-order valence-corrected chi connectivity index (χ0v) is 15.0. The smallest absolute Gasteiger partial charge is 0.158 e. The van der Waals surface area contributed by atoms with E-state index in [2.05, 4.69) is 41.3 Å². The number of aryl methyl sites for hydroxylation is 2. The topological polar surface area (TPSA) is 43.6 Å². The van der Waals surface area contributed by atoms with Gasteiger partial charge in [0.15, 0.2) is 5.82 Å². The Kier molecular flexibility index (Phi) is 4.15. The number of hydrogen-bond acceptors (Lipinski definition) is 4. The lowest BCUT2D eigenvalue weighted by atomic mass is 10.2. The van der Waals surface area contributed by atoms with Gasteiger partial charge in [-0.05, 0) is 13.8 Å². The minimum absolute atomic E-state index is 0.682. The Morgan fingerprint density at radius 3 is 2.16 bits per heavy atom. The summed E-state index contributed by atoms with van der Waals surface area (Å²) in [7, 11) is 0. The normalized spacial score (nSPS) is 11.0. The van der Waals surface area contributed by atoms with E-state index in [4.69, 9.17) is 4.98 Å². The molecule has 4 aromatic rings. The molecule has 0 aliphatic carbocycles. The van der Waals surface area contributed by atoms with Crippen LogP contribution in [0.5, 0.6) is 0 Å². The highest BCUT2D eigenvalue weighted by Gasteiger charge is 2.14. The van der Waals surface area contributed by atoms with E-state index in [1.54, 1.807) is 11.3 Å². The van der Waals surface area contributed by atoms with Gasteiger partial charge >= 0.3 is 0 Å². The average molecular weight is 346 g/mol. The lowest BCUT2D eigenvalue weighted by molar-refractivity contribution is 0.690. The van der Waals surface area contributed by atoms with Crippen LogP contribution in [0.3, 0.4) is 0 Å². The molecule has 5 heteroatoms. The first-order chi connectivity index (χ1) is 12.2. The molecule has 0 saturated heterocycles. The summed E-state index contributed by atoms with van der Waals surface area (Å²) >= 11 is 1.72. The summed E-state index contributed by atoms with van der Waals surface area (Å²) in [5, 5.41) is 5.64. The molecule has 0 amide bonds. The Hall–Kier alpha value is -2.79. The van der Waals surface area contributed by atoms with Crippen LogP contribution in [0, 0.1) is 13.8 Å². The van der Waals surface area contributed by atoms with Gasteiger partial charge in [-0.3, -0.25) is 0 Å². The molecular weight excluding hydrogens is 328 g/mol. The third kappa shape index (κ3) is 3.23. The van der Waals surface area contributed by atoms with Crippen molar-refractivity contribution in [3.63, 3.8) is 0 Å². The van der Waals surface area contributed by atoms with E-state index in [-0.39, 0.29) is 0 Å². The van der Waals surface area contributed by atoms with Gasteiger partial charge in [0.05, 0.1) is 12.2 Å². The predicted molar refractivity (Wildman–Crippen MR) is 102 cm³/mol. The van der Waals surface area contributed by atoms with Crippen LogP contribution in [-0.4, -0.2) is 19.7 Å². The third-order valence-electron chi connectivity index (χ3n) is 4.02. The fraction of sp³-hybridized carbons (Fsp3) is 0.150. The second-order valence-corrected chi connectivity index (χ2v) is 6.98. The summed E-state index contributed by atoms with van der Waals surface area (Å²) in [6, 6.07) is 20.5. The average Bonchev–Trinajstić information content (AvgIpc) is 3.20. The van der Waals surface area contributed by atoms with Crippen molar-refractivity contribution < 1.29 is 0 Å². The number of nitrogens with zero attached hydrogens (tertiary/aromatic N) is 4. The van der Waals surface area contributed by atoms with Gasteiger partial charge in [-0.2, -0.15) is 5.10 Å². The van der Waals surface area contributed by atoms with E-state index in [0.717, 1.165) is 33.5 Å². The van der Waals surface area contributed by atoms with Crippen LogP contribution in [-0.2, 0) is 6.54 Å². The Bertz CT molecular complexity index is 987. The zero-order valence-electron chi connectivity index (χ0n) is 14.2. The zero-order chi connectivity index (χ0) is 17.2. The lowest BCUT2D eigenvalue weighted by Gasteiger charge is -2.05. The van der Waals surface area contributed by atoms with Crippen molar-refractivity contribution in [3.8, 4) is 22.0 Å². The summed E-state index contributed by atoms with van der Waals surface area (Å²) < 4.78 is 1.97. The fourth-order valence-corrected chi connectivity index (χ4v) is 3.83. The number of aromatic nitrogens is 4. The third-order valence-corrected chi connectivity index (χ3v) is 5.21. The Labute approximate surface area is 150 Å². The Morgan fingerprint density at radius 1 is 0.840 bits per heavy atom. The van der Waals surface area contributed by atoms with Gasteiger partial charge < -0.3 is 0 Å². The van der Waals surface area contributed by atoms with Gasteiger partial charge in [0.1, 0.15) is 10.8 Å². The highest BCUT2D eigenvalue weighted by atomic mass is 32.1. The number of thiazole rings is 1. The molecule has 0 atom stereocenters. The van der Waals surface area contributed by atoms with Crippen molar-refractivity contribution >= 4 is 11.3 Å². The van der Waals surface area contributed by atoms with Crippen molar-refractivity contribution in [1.29, 1.82) is 0 Å². The van der Waals surface area contributed by atoms with Crippen molar-refractivity contribution in [3.05, 3.63) is 77.1 Å². The van der Waals surface area contributed by atoms with Gasteiger partial charge in [0.25, 0.3) is 0 Å². The molecule has 2 heterocycles. The number of benzene rings is 2. The first-order valence-corrected chi connectivity index (χ1v) is 9.01. The fourth-order valence-electron chi connectivity index (χ4n) is 2.78. The van der Waals surface area contributed by atoms with Gasteiger partial charge in [-0.15, -0.1) is 11.3 Å². The van der Waals surface area contributed by atoms with Crippen LogP contribution in [0.15, 0.2) is 60.7 Å². The highest BCUT2D eigenvalue weighted by Crippen LogP contribution is 2.29. The molecule has 124 valence electrons.